The van der Waals surface area contributed by atoms with Crippen molar-refractivity contribution in [2.45, 2.75) is 25.0 Å². The summed E-state index contributed by atoms with van der Waals surface area (Å²) in [7, 11) is 1.80. The lowest BCUT2D eigenvalue weighted by atomic mass is 10.1. The summed E-state index contributed by atoms with van der Waals surface area (Å²) in [6.45, 7) is 3.72. The van der Waals surface area contributed by atoms with Gasteiger partial charge in [0.05, 0.1) is 23.2 Å². The van der Waals surface area contributed by atoms with Gasteiger partial charge < -0.3 is 5.32 Å². The van der Waals surface area contributed by atoms with E-state index in [1.54, 1.807) is 28.5 Å². The number of para-hydroxylation sites is 1. The fourth-order valence-corrected chi connectivity index (χ4v) is 4.27. The minimum absolute atomic E-state index is 0.0943. The molecule has 1 amide bonds. The van der Waals surface area contributed by atoms with E-state index in [1.165, 1.54) is 4.68 Å². The Bertz CT molecular complexity index is 1330. The Morgan fingerprint density at radius 3 is 2.55 bits per heavy atom. The number of halogens is 1. The topological polar surface area (TPSA) is 99.6 Å². The van der Waals surface area contributed by atoms with E-state index < -0.39 is 0 Å². The van der Waals surface area contributed by atoms with Crippen molar-refractivity contribution in [1.29, 1.82) is 0 Å². The average Bonchev–Trinajstić information content (AvgIpc) is 3.35. The predicted octanol–water partition coefficient (Wildman–Crippen LogP) is 3.08. The van der Waals surface area contributed by atoms with Crippen LogP contribution in [0.4, 0.5) is 0 Å². The number of carbonyl (C=O) groups is 1. The summed E-state index contributed by atoms with van der Waals surface area (Å²) in [5, 5.41) is 15.7. The van der Waals surface area contributed by atoms with Crippen LogP contribution in [0.2, 0.25) is 5.02 Å². The maximum atomic E-state index is 13.3. The van der Waals surface area contributed by atoms with Gasteiger partial charge in [-0.15, -0.1) is 5.10 Å². The lowest BCUT2D eigenvalue weighted by Gasteiger charge is -2.14. The zero-order valence-electron chi connectivity index (χ0n) is 18.3. The van der Waals surface area contributed by atoms with Crippen LogP contribution in [0.5, 0.6) is 0 Å². The lowest BCUT2D eigenvalue weighted by Crippen LogP contribution is -2.28. The second kappa shape index (κ2) is 9.63. The molecule has 0 bridgehead atoms. The van der Waals surface area contributed by atoms with Crippen molar-refractivity contribution in [2.24, 2.45) is 7.05 Å². The Labute approximate surface area is 199 Å². The van der Waals surface area contributed by atoms with Crippen LogP contribution < -0.4 is 10.9 Å². The molecule has 1 atom stereocenters. The predicted molar refractivity (Wildman–Crippen MR) is 127 cm³/mol. The largest absolute Gasteiger partial charge is 0.349 e. The van der Waals surface area contributed by atoms with Gasteiger partial charge in [0.15, 0.2) is 5.69 Å². The molecule has 1 unspecified atom stereocenters. The first-order valence-electron chi connectivity index (χ1n) is 10.2. The Balaban J connectivity index is 1.52. The van der Waals surface area contributed by atoms with Crippen molar-refractivity contribution in [3.05, 3.63) is 81.2 Å². The highest BCUT2D eigenvalue weighted by molar-refractivity contribution is 7.99. The molecule has 4 aromatic rings. The third-order valence-corrected chi connectivity index (χ3v) is 6.43. The molecule has 0 aliphatic carbocycles. The van der Waals surface area contributed by atoms with Crippen molar-refractivity contribution in [3.8, 4) is 11.4 Å². The van der Waals surface area contributed by atoms with Crippen LogP contribution in [0.25, 0.3) is 11.4 Å². The Kier molecular flexibility index (Phi) is 6.66. The van der Waals surface area contributed by atoms with Crippen molar-refractivity contribution < 1.29 is 4.79 Å². The van der Waals surface area contributed by atoms with Gasteiger partial charge in [-0.05, 0) is 54.1 Å². The molecule has 0 saturated heterocycles. The van der Waals surface area contributed by atoms with Gasteiger partial charge in [-0.25, -0.2) is 4.68 Å². The smallest absolute Gasteiger partial charge is 0.297 e. The normalized spacial score (nSPS) is 12.0. The molecule has 0 aliphatic heterocycles. The molecule has 0 saturated carbocycles. The fourth-order valence-electron chi connectivity index (χ4n) is 3.46. The van der Waals surface area contributed by atoms with Crippen LogP contribution in [-0.2, 0) is 11.8 Å². The number of hydrogen-bond acceptors (Lipinski definition) is 6. The van der Waals surface area contributed by atoms with E-state index in [1.807, 2.05) is 56.3 Å². The third-order valence-electron chi connectivity index (χ3n) is 5.26. The van der Waals surface area contributed by atoms with Gasteiger partial charge in [-0.3, -0.25) is 14.3 Å². The number of amides is 1. The number of hydrogen-bond donors (Lipinski definition) is 1. The lowest BCUT2D eigenvalue weighted by molar-refractivity contribution is -0.119. The number of nitrogens with one attached hydrogen (secondary N) is 1. The summed E-state index contributed by atoms with van der Waals surface area (Å²) in [5.74, 6) is -0.0830. The van der Waals surface area contributed by atoms with Crippen LogP contribution in [0.1, 0.15) is 24.2 Å². The van der Waals surface area contributed by atoms with Crippen LogP contribution in [0, 0.1) is 6.92 Å². The first kappa shape index (κ1) is 22.8. The van der Waals surface area contributed by atoms with Crippen molar-refractivity contribution in [3.63, 3.8) is 0 Å². The zero-order chi connectivity index (χ0) is 23.5. The summed E-state index contributed by atoms with van der Waals surface area (Å²) < 4.78 is 4.70. The molecule has 2 aromatic heterocycles. The van der Waals surface area contributed by atoms with Gasteiger partial charge in [0, 0.05) is 12.1 Å². The molecule has 33 heavy (non-hydrogen) atoms. The van der Waals surface area contributed by atoms with Crippen LogP contribution in [0.15, 0.2) is 64.5 Å². The quantitative estimate of drug-likeness (QED) is 0.405. The molecule has 0 fully saturated rings. The van der Waals surface area contributed by atoms with E-state index in [0.29, 0.717) is 21.6 Å². The SMILES string of the molecule is Cc1c(-n2nnnc2SCC(=O)NC(C)c2ccc(Cl)cc2)c(=O)n(-c2ccccc2)n1C. The highest BCUT2D eigenvalue weighted by Gasteiger charge is 2.22. The molecule has 2 aromatic carbocycles. The van der Waals surface area contributed by atoms with Crippen molar-refractivity contribution in [2.75, 3.05) is 5.75 Å². The summed E-state index contributed by atoms with van der Waals surface area (Å²) >= 11 is 7.09. The van der Waals surface area contributed by atoms with Crippen molar-refractivity contribution in [1.82, 2.24) is 34.9 Å². The summed E-state index contributed by atoms with van der Waals surface area (Å²) in [5.41, 5.74) is 2.46. The zero-order valence-corrected chi connectivity index (χ0v) is 19.8. The first-order valence-corrected chi connectivity index (χ1v) is 11.5. The van der Waals surface area contributed by atoms with Gasteiger partial charge in [0.2, 0.25) is 11.1 Å². The van der Waals surface area contributed by atoms with Crippen LogP contribution >= 0.6 is 23.4 Å². The average molecular weight is 484 g/mol. The minimum atomic E-state index is -0.254. The monoisotopic (exact) mass is 483 g/mol. The molecular weight excluding hydrogens is 462 g/mol. The van der Waals surface area contributed by atoms with E-state index in [-0.39, 0.29) is 23.3 Å². The Hall–Kier alpha value is -3.37. The minimum Gasteiger partial charge on any atom is -0.349 e. The van der Waals surface area contributed by atoms with Gasteiger partial charge in [-0.2, -0.15) is 4.68 Å². The fraction of sp³-hybridized carbons (Fsp3) is 0.227. The summed E-state index contributed by atoms with van der Waals surface area (Å²) in [6.07, 6.45) is 0. The number of benzene rings is 2. The molecular formula is C22H22ClN7O2S. The van der Waals surface area contributed by atoms with E-state index in [2.05, 4.69) is 20.8 Å². The summed E-state index contributed by atoms with van der Waals surface area (Å²) in [6, 6.07) is 16.5. The second-order valence-electron chi connectivity index (χ2n) is 7.41. The number of nitrogens with zero attached hydrogens (tertiary/aromatic N) is 6. The number of carbonyl (C=O) groups excluding carboxylic acids is 1. The maximum absolute atomic E-state index is 13.3. The second-order valence-corrected chi connectivity index (χ2v) is 8.79. The van der Waals surface area contributed by atoms with Crippen LogP contribution in [0.3, 0.4) is 0 Å². The molecule has 0 aliphatic rings. The molecule has 1 N–H and O–H groups in total. The Morgan fingerprint density at radius 2 is 1.85 bits per heavy atom. The Morgan fingerprint density at radius 1 is 1.15 bits per heavy atom. The number of aromatic nitrogens is 6. The standard InChI is InChI=1S/C22H22ClN7O2S/c1-14(16-9-11-17(23)12-10-16)24-19(31)13-33-22-25-26-27-29(22)20-15(2)28(3)30(21(20)32)18-7-5-4-6-8-18/h4-12,14H,13H2,1-3H3,(H,24,31). The maximum Gasteiger partial charge on any atom is 0.297 e. The van der Waals surface area contributed by atoms with E-state index in [4.69, 9.17) is 11.6 Å². The molecule has 9 nitrogen and oxygen atoms in total. The van der Waals surface area contributed by atoms with Crippen LogP contribution in [-0.4, -0.2) is 41.2 Å². The number of tetrazole rings is 1. The molecule has 2 heterocycles. The molecule has 0 radical (unpaired) electrons. The molecule has 170 valence electrons. The van der Waals surface area contributed by atoms with Gasteiger partial charge in [-0.1, -0.05) is 53.7 Å². The highest BCUT2D eigenvalue weighted by Crippen LogP contribution is 2.21. The molecule has 4 rings (SSSR count). The molecule has 0 spiro atoms. The third kappa shape index (κ3) is 4.71. The highest BCUT2D eigenvalue weighted by atomic mass is 35.5. The van der Waals surface area contributed by atoms with Gasteiger partial charge >= 0.3 is 0 Å². The summed E-state index contributed by atoms with van der Waals surface area (Å²) in [4.78, 5) is 25.8. The van der Waals surface area contributed by atoms with Gasteiger partial charge in [0.25, 0.3) is 5.56 Å². The van der Waals surface area contributed by atoms with E-state index >= 15 is 0 Å². The van der Waals surface area contributed by atoms with Crippen molar-refractivity contribution >= 4 is 29.3 Å². The molecule has 11 heteroatoms. The number of thioether (sulfide) groups is 1. The van der Waals surface area contributed by atoms with E-state index in [0.717, 1.165) is 23.0 Å². The van der Waals surface area contributed by atoms with Gasteiger partial charge in [0.1, 0.15) is 0 Å². The number of rotatable bonds is 7. The van der Waals surface area contributed by atoms with E-state index in [9.17, 15) is 9.59 Å². The first-order chi connectivity index (χ1) is 15.9.